The molecule has 0 saturated heterocycles. The van der Waals surface area contributed by atoms with E-state index in [4.69, 9.17) is 28.2 Å². The van der Waals surface area contributed by atoms with Gasteiger partial charge in [-0.05, 0) is 24.1 Å². The fraction of sp³-hybridized carbons (Fsp3) is 0.273. The summed E-state index contributed by atoms with van der Waals surface area (Å²) in [6.07, 6.45) is -0.983. The zero-order valence-corrected chi connectivity index (χ0v) is 10.3. The summed E-state index contributed by atoms with van der Waals surface area (Å²) in [7, 11) is 0. The third-order valence-corrected chi connectivity index (χ3v) is 2.58. The van der Waals surface area contributed by atoms with Gasteiger partial charge in [0.2, 0.25) is 0 Å². The second-order valence-electron chi connectivity index (χ2n) is 3.82. The Hall–Kier alpha value is -1.79. The zero-order chi connectivity index (χ0) is 13.7. The Morgan fingerprint density at radius 2 is 1.89 bits per heavy atom. The molecule has 1 aromatic carbocycles. The Labute approximate surface area is 109 Å². The number of imide groups is 1. The minimum atomic E-state index is -1.41. The molecule has 0 aliphatic carbocycles. The van der Waals surface area contributed by atoms with E-state index < -0.39 is 18.2 Å². The van der Waals surface area contributed by atoms with Gasteiger partial charge in [-0.25, -0.2) is 14.5 Å². The largest absolute Gasteiger partial charge is 0.465 e. The maximum Gasteiger partial charge on any atom is 0.415 e. The van der Waals surface area contributed by atoms with Crippen LogP contribution in [0.5, 0.6) is 0 Å². The standard InChI is InChI=1S/C11H14ClN3O3/c12-8-3-1-7(2-4-8)5-9(13)6-15(10(14)16)11(17)18/h1-4,9H,5-6,13H2,(H2,14,16)(H,17,18). The summed E-state index contributed by atoms with van der Waals surface area (Å²) in [5, 5.41) is 9.36. The van der Waals surface area contributed by atoms with Gasteiger partial charge in [0.05, 0.1) is 0 Å². The summed E-state index contributed by atoms with van der Waals surface area (Å²) in [4.78, 5) is 22.1. The molecule has 1 unspecified atom stereocenters. The minimum Gasteiger partial charge on any atom is -0.465 e. The van der Waals surface area contributed by atoms with Crippen LogP contribution < -0.4 is 11.5 Å². The van der Waals surface area contributed by atoms with Crippen molar-refractivity contribution in [3.63, 3.8) is 0 Å². The van der Waals surface area contributed by atoms with E-state index in [2.05, 4.69) is 0 Å². The molecule has 0 spiro atoms. The third kappa shape index (κ3) is 4.23. The molecule has 0 heterocycles. The SMILES string of the molecule is NC(=O)N(CC(N)Cc1ccc(Cl)cc1)C(=O)O. The first-order valence-corrected chi connectivity index (χ1v) is 5.58. The number of benzene rings is 1. The van der Waals surface area contributed by atoms with Gasteiger partial charge in [0, 0.05) is 17.6 Å². The highest BCUT2D eigenvalue weighted by Crippen LogP contribution is 2.11. The van der Waals surface area contributed by atoms with E-state index in [0.717, 1.165) is 5.56 Å². The van der Waals surface area contributed by atoms with E-state index in [9.17, 15) is 9.59 Å². The summed E-state index contributed by atoms with van der Waals surface area (Å²) >= 11 is 5.74. The highest BCUT2D eigenvalue weighted by atomic mass is 35.5. The number of amides is 3. The maximum atomic E-state index is 10.9. The van der Waals surface area contributed by atoms with E-state index >= 15 is 0 Å². The van der Waals surface area contributed by atoms with Crippen LogP contribution in [0, 0.1) is 0 Å². The molecule has 0 bridgehead atoms. The van der Waals surface area contributed by atoms with E-state index in [1.54, 1.807) is 24.3 Å². The zero-order valence-electron chi connectivity index (χ0n) is 9.54. The second-order valence-corrected chi connectivity index (χ2v) is 4.26. The van der Waals surface area contributed by atoms with Crippen molar-refractivity contribution in [1.82, 2.24) is 4.90 Å². The number of carbonyl (C=O) groups excluding carboxylic acids is 1. The van der Waals surface area contributed by atoms with Crippen molar-refractivity contribution < 1.29 is 14.7 Å². The number of halogens is 1. The van der Waals surface area contributed by atoms with Crippen molar-refractivity contribution in [2.75, 3.05) is 6.54 Å². The number of urea groups is 1. The summed E-state index contributed by atoms with van der Waals surface area (Å²) in [6, 6.07) is 5.46. The van der Waals surface area contributed by atoms with Crippen LogP contribution in [0.4, 0.5) is 9.59 Å². The number of primary amides is 1. The van der Waals surface area contributed by atoms with Gasteiger partial charge in [-0.1, -0.05) is 23.7 Å². The molecule has 1 atom stereocenters. The fourth-order valence-corrected chi connectivity index (χ4v) is 1.61. The van der Waals surface area contributed by atoms with Crippen LogP contribution >= 0.6 is 11.6 Å². The number of hydrogen-bond donors (Lipinski definition) is 3. The maximum absolute atomic E-state index is 10.9. The number of carboxylic acid groups (broad SMARTS) is 1. The monoisotopic (exact) mass is 271 g/mol. The van der Waals surface area contributed by atoms with E-state index in [0.29, 0.717) is 16.3 Å². The van der Waals surface area contributed by atoms with Crippen LogP contribution in [0.25, 0.3) is 0 Å². The normalized spacial score (nSPS) is 11.9. The molecule has 1 aromatic rings. The average Bonchev–Trinajstić information content (AvgIpc) is 2.28. The summed E-state index contributed by atoms with van der Waals surface area (Å²) in [5.41, 5.74) is 11.6. The van der Waals surface area contributed by atoms with Crippen LogP contribution in [0.15, 0.2) is 24.3 Å². The number of rotatable bonds is 4. The molecule has 0 fully saturated rings. The smallest absolute Gasteiger partial charge is 0.415 e. The lowest BCUT2D eigenvalue weighted by Gasteiger charge is -2.19. The minimum absolute atomic E-state index is 0.146. The molecule has 18 heavy (non-hydrogen) atoms. The van der Waals surface area contributed by atoms with Gasteiger partial charge in [0.1, 0.15) is 0 Å². The fourth-order valence-electron chi connectivity index (χ4n) is 1.48. The topological polar surface area (TPSA) is 110 Å². The van der Waals surface area contributed by atoms with Crippen LogP contribution in [-0.2, 0) is 6.42 Å². The predicted octanol–water partition coefficient (Wildman–Crippen LogP) is 1.27. The number of nitrogens with zero attached hydrogens (tertiary/aromatic N) is 1. The lowest BCUT2D eigenvalue weighted by Crippen LogP contribution is -2.47. The highest BCUT2D eigenvalue weighted by molar-refractivity contribution is 6.30. The molecule has 0 aliphatic heterocycles. The molecule has 0 aromatic heterocycles. The Morgan fingerprint density at radius 1 is 1.33 bits per heavy atom. The molecule has 7 heteroatoms. The first-order chi connectivity index (χ1) is 8.40. The summed E-state index contributed by atoms with van der Waals surface area (Å²) < 4.78 is 0. The molecule has 0 saturated carbocycles. The molecule has 1 rings (SSSR count). The summed E-state index contributed by atoms with van der Waals surface area (Å²) in [5.74, 6) is 0. The Kier molecular flexibility index (Phi) is 4.94. The first-order valence-electron chi connectivity index (χ1n) is 5.20. The van der Waals surface area contributed by atoms with Crippen molar-refractivity contribution in [2.24, 2.45) is 11.5 Å². The molecule has 3 amide bonds. The first kappa shape index (κ1) is 14.3. The summed E-state index contributed by atoms with van der Waals surface area (Å²) in [6.45, 7) is -0.146. The van der Waals surface area contributed by atoms with E-state index in [-0.39, 0.29) is 6.54 Å². The Bertz CT molecular complexity index is 422. The Morgan fingerprint density at radius 3 is 2.33 bits per heavy atom. The molecule has 0 aliphatic rings. The van der Waals surface area contributed by atoms with Crippen molar-refractivity contribution >= 4 is 23.7 Å². The molecule has 6 nitrogen and oxygen atoms in total. The van der Waals surface area contributed by atoms with Gasteiger partial charge in [0.25, 0.3) is 0 Å². The van der Waals surface area contributed by atoms with Crippen molar-refractivity contribution in [3.8, 4) is 0 Å². The molecule has 0 radical (unpaired) electrons. The van der Waals surface area contributed by atoms with E-state index in [1.165, 1.54) is 0 Å². The van der Waals surface area contributed by atoms with Crippen molar-refractivity contribution in [1.29, 1.82) is 0 Å². The second kappa shape index (κ2) is 6.23. The lowest BCUT2D eigenvalue weighted by atomic mass is 10.1. The Balaban J connectivity index is 2.60. The predicted molar refractivity (Wildman–Crippen MR) is 67.4 cm³/mol. The van der Waals surface area contributed by atoms with Gasteiger partial charge in [-0.3, -0.25) is 0 Å². The van der Waals surface area contributed by atoms with Gasteiger partial charge in [-0.2, -0.15) is 0 Å². The van der Waals surface area contributed by atoms with Crippen LogP contribution in [-0.4, -0.2) is 34.7 Å². The lowest BCUT2D eigenvalue weighted by molar-refractivity contribution is 0.149. The third-order valence-electron chi connectivity index (χ3n) is 2.33. The molecular formula is C11H14ClN3O3. The van der Waals surface area contributed by atoms with Crippen molar-refractivity contribution in [3.05, 3.63) is 34.9 Å². The number of carbonyl (C=O) groups is 2. The van der Waals surface area contributed by atoms with Gasteiger partial charge in [0.15, 0.2) is 0 Å². The van der Waals surface area contributed by atoms with Gasteiger partial charge in [-0.15, -0.1) is 0 Å². The van der Waals surface area contributed by atoms with Crippen LogP contribution in [0.3, 0.4) is 0 Å². The van der Waals surface area contributed by atoms with Crippen molar-refractivity contribution in [2.45, 2.75) is 12.5 Å². The average molecular weight is 272 g/mol. The number of nitrogens with two attached hydrogens (primary N) is 2. The van der Waals surface area contributed by atoms with Crippen LogP contribution in [0.2, 0.25) is 5.02 Å². The molecular weight excluding hydrogens is 258 g/mol. The quantitative estimate of drug-likeness (QED) is 0.766. The highest BCUT2D eigenvalue weighted by Gasteiger charge is 2.20. The van der Waals surface area contributed by atoms with Crippen LogP contribution in [0.1, 0.15) is 5.56 Å². The number of hydrogen-bond acceptors (Lipinski definition) is 3. The van der Waals surface area contributed by atoms with Gasteiger partial charge < -0.3 is 16.6 Å². The molecule has 5 N–H and O–H groups in total. The van der Waals surface area contributed by atoms with E-state index in [1.807, 2.05) is 0 Å². The van der Waals surface area contributed by atoms with Gasteiger partial charge >= 0.3 is 12.1 Å². The molecule has 98 valence electrons.